The Bertz CT molecular complexity index is 498. The lowest BCUT2D eigenvalue weighted by Crippen LogP contribution is -2.52. The average Bonchev–Trinajstić information content (AvgIpc) is 2.26. The SMILES string of the molecule is Cc1cc(C)c2c(c1)OC1(CCCCC1)CC2(C)N. The molecular weight excluding hydrogens is 234 g/mol. The molecule has 1 atom stereocenters. The van der Waals surface area contributed by atoms with Crippen LogP contribution in [0.2, 0.25) is 0 Å². The van der Waals surface area contributed by atoms with Crippen molar-refractivity contribution in [3.8, 4) is 5.75 Å². The second kappa shape index (κ2) is 4.24. The Labute approximate surface area is 116 Å². The molecule has 0 aromatic heterocycles. The van der Waals surface area contributed by atoms with Crippen molar-refractivity contribution in [1.29, 1.82) is 0 Å². The lowest BCUT2D eigenvalue weighted by Gasteiger charge is -2.48. The normalized spacial score (nSPS) is 28.8. The highest BCUT2D eigenvalue weighted by atomic mass is 16.5. The van der Waals surface area contributed by atoms with Gasteiger partial charge in [0.25, 0.3) is 0 Å². The topological polar surface area (TPSA) is 35.2 Å². The summed E-state index contributed by atoms with van der Waals surface area (Å²) in [6, 6.07) is 4.38. The molecule has 1 saturated carbocycles. The van der Waals surface area contributed by atoms with Gasteiger partial charge in [-0.05, 0) is 63.6 Å². The van der Waals surface area contributed by atoms with E-state index < -0.39 is 0 Å². The molecule has 2 heteroatoms. The highest BCUT2D eigenvalue weighted by Crippen LogP contribution is 2.49. The summed E-state index contributed by atoms with van der Waals surface area (Å²) in [6.07, 6.45) is 7.16. The summed E-state index contributed by atoms with van der Waals surface area (Å²) in [7, 11) is 0. The van der Waals surface area contributed by atoms with E-state index in [1.807, 2.05) is 0 Å². The fraction of sp³-hybridized carbons (Fsp3) is 0.647. The van der Waals surface area contributed by atoms with Gasteiger partial charge < -0.3 is 10.5 Å². The molecule has 2 nitrogen and oxygen atoms in total. The van der Waals surface area contributed by atoms with Gasteiger partial charge in [0.2, 0.25) is 0 Å². The first-order chi connectivity index (χ1) is 8.92. The minimum Gasteiger partial charge on any atom is -0.487 e. The van der Waals surface area contributed by atoms with Crippen LogP contribution in [0.3, 0.4) is 0 Å². The molecule has 0 bridgehead atoms. The van der Waals surface area contributed by atoms with Crippen LogP contribution < -0.4 is 10.5 Å². The third-order valence-corrected chi connectivity index (χ3v) is 4.80. The standard InChI is InChI=1S/C17H25NO/c1-12-9-13(2)15-14(10-12)19-17(11-16(15,3)18)7-5-4-6-8-17/h9-10H,4-8,11,18H2,1-3H3. The van der Waals surface area contributed by atoms with Gasteiger partial charge in [-0.15, -0.1) is 0 Å². The highest BCUT2D eigenvalue weighted by Gasteiger charge is 2.46. The number of fused-ring (bicyclic) bond motifs is 1. The van der Waals surface area contributed by atoms with E-state index in [0.29, 0.717) is 0 Å². The molecule has 1 heterocycles. The Kier molecular flexibility index (Phi) is 2.90. The van der Waals surface area contributed by atoms with Crippen LogP contribution in [0.1, 0.15) is 62.1 Å². The summed E-state index contributed by atoms with van der Waals surface area (Å²) in [5.74, 6) is 1.04. The lowest BCUT2D eigenvalue weighted by atomic mass is 9.71. The molecule has 1 spiro atoms. The quantitative estimate of drug-likeness (QED) is 0.765. The lowest BCUT2D eigenvalue weighted by molar-refractivity contribution is -0.0149. The molecule has 0 saturated heterocycles. The maximum Gasteiger partial charge on any atom is 0.125 e. The van der Waals surface area contributed by atoms with E-state index in [4.69, 9.17) is 10.5 Å². The van der Waals surface area contributed by atoms with Crippen LogP contribution in [-0.4, -0.2) is 5.60 Å². The van der Waals surface area contributed by atoms with Crippen LogP contribution in [0.5, 0.6) is 5.75 Å². The van der Waals surface area contributed by atoms with Crippen LogP contribution in [0, 0.1) is 13.8 Å². The zero-order valence-corrected chi connectivity index (χ0v) is 12.4. The summed E-state index contributed by atoms with van der Waals surface area (Å²) >= 11 is 0. The third-order valence-electron chi connectivity index (χ3n) is 4.80. The number of ether oxygens (including phenoxy) is 1. The molecule has 19 heavy (non-hydrogen) atoms. The van der Waals surface area contributed by atoms with E-state index in [1.165, 1.54) is 36.0 Å². The molecule has 1 fully saturated rings. The minimum atomic E-state index is -0.261. The number of benzene rings is 1. The van der Waals surface area contributed by atoms with E-state index in [-0.39, 0.29) is 11.1 Å². The first-order valence-electron chi connectivity index (χ1n) is 7.52. The van der Waals surface area contributed by atoms with Gasteiger partial charge in [-0.25, -0.2) is 0 Å². The van der Waals surface area contributed by atoms with E-state index >= 15 is 0 Å². The molecular formula is C17H25NO. The van der Waals surface area contributed by atoms with Gasteiger partial charge in [-0.2, -0.15) is 0 Å². The van der Waals surface area contributed by atoms with Crippen molar-refractivity contribution in [2.45, 2.75) is 70.4 Å². The molecule has 0 radical (unpaired) electrons. The largest absolute Gasteiger partial charge is 0.487 e. The molecule has 1 aromatic carbocycles. The van der Waals surface area contributed by atoms with Crippen LogP contribution in [0.4, 0.5) is 0 Å². The van der Waals surface area contributed by atoms with Gasteiger partial charge in [0.05, 0.1) is 0 Å². The number of hydrogen-bond acceptors (Lipinski definition) is 2. The Hall–Kier alpha value is -1.02. The Morgan fingerprint density at radius 3 is 2.47 bits per heavy atom. The third kappa shape index (κ3) is 2.16. The fourth-order valence-electron chi connectivity index (χ4n) is 4.24. The van der Waals surface area contributed by atoms with Gasteiger partial charge in [0.15, 0.2) is 0 Å². The molecule has 2 aliphatic rings. The van der Waals surface area contributed by atoms with Crippen molar-refractivity contribution < 1.29 is 4.74 Å². The van der Waals surface area contributed by atoms with E-state index in [1.54, 1.807) is 0 Å². The maximum atomic E-state index is 6.67. The molecule has 1 unspecified atom stereocenters. The molecule has 1 aliphatic carbocycles. The second-order valence-corrected chi connectivity index (χ2v) is 6.89. The summed E-state index contributed by atoms with van der Waals surface area (Å²) in [6.45, 7) is 6.46. The van der Waals surface area contributed by atoms with Crippen LogP contribution in [0.15, 0.2) is 12.1 Å². The Morgan fingerprint density at radius 1 is 1.11 bits per heavy atom. The summed E-state index contributed by atoms with van der Waals surface area (Å²) in [5, 5.41) is 0. The van der Waals surface area contributed by atoms with Crippen molar-refractivity contribution in [3.05, 3.63) is 28.8 Å². The molecule has 1 aromatic rings. The number of hydrogen-bond donors (Lipinski definition) is 1. The molecule has 0 amide bonds. The fourth-order valence-corrected chi connectivity index (χ4v) is 4.24. The van der Waals surface area contributed by atoms with Crippen molar-refractivity contribution in [3.63, 3.8) is 0 Å². The van der Waals surface area contributed by atoms with Crippen molar-refractivity contribution in [2.75, 3.05) is 0 Å². The summed E-state index contributed by atoms with van der Waals surface area (Å²) < 4.78 is 6.48. The predicted molar refractivity (Wildman–Crippen MR) is 78.5 cm³/mol. The highest BCUT2D eigenvalue weighted by molar-refractivity contribution is 5.49. The van der Waals surface area contributed by atoms with Crippen molar-refractivity contribution in [2.24, 2.45) is 5.73 Å². The van der Waals surface area contributed by atoms with Crippen LogP contribution in [-0.2, 0) is 5.54 Å². The average molecular weight is 259 g/mol. The minimum absolute atomic E-state index is 0.00498. The van der Waals surface area contributed by atoms with Crippen LogP contribution in [0.25, 0.3) is 0 Å². The monoisotopic (exact) mass is 259 g/mol. The van der Waals surface area contributed by atoms with Crippen LogP contribution >= 0.6 is 0 Å². The van der Waals surface area contributed by atoms with Gasteiger partial charge in [0, 0.05) is 17.5 Å². The maximum absolute atomic E-state index is 6.67. The number of rotatable bonds is 0. The second-order valence-electron chi connectivity index (χ2n) is 6.89. The zero-order valence-electron chi connectivity index (χ0n) is 12.4. The van der Waals surface area contributed by atoms with Gasteiger partial charge in [-0.3, -0.25) is 0 Å². The van der Waals surface area contributed by atoms with E-state index in [9.17, 15) is 0 Å². The number of aryl methyl sites for hydroxylation is 2. The van der Waals surface area contributed by atoms with Crippen molar-refractivity contribution >= 4 is 0 Å². The first kappa shape index (κ1) is 13.0. The molecule has 1 aliphatic heterocycles. The summed E-state index contributed by atoms with van der Waals surface area (Å²) in [4.78, 5) is 0. The first-order valence-corrected chi connectivity index (χ1v) is 7.52. The zero-order chi connectivity index (χ0) is 13.7. The van der Waals surface area contributed by atoms with Crippen molar-refractivity contribution in [1.82, 2.24) is 0 Å². The molecule has 2 N–H and O–H groups in total. The van der Waals surface area contributed by atoms with E-state index in [2.05, 4.69) is 32.9 Å². The Morgan fingerprint density at radius 2 is 1.79 bits per heavy atom. The predicted octanol–water partition coefficient (Wildman–Crippen LogP) is 3.96. The summed E-state index contributed by atoms with van der Waals surface area (Å²) in [5.41, 5.74) is 10.1. The number of nitrogens with two attached hydrogens (primary N) is 1. The smallest absolute Gasteiger partial charge is 0.125 e. The van der Waals surface area contributed by atoms with Gasteiger partial charge in [-0.1, -0.05) is 12.5 Å². The van der Waals surface area contributed by atoms with Gasteiger partial charge >= 0.3 is 0 Å². The Balaban J connectivity index is 2.08. The molecule has 3 rings (SSSR count). The van der Waals surface area contributed by atoms with E-state index in [0.717, 1.165) is 25.0 Å². The molecule has 104 valence electrons. The van der Waals surface area contributed by atoms with Gasteiger partial charge in [0.1, 0.15) is 11.4 Å².